The third-order valence-electron chi connectivity index (χ3n) is 4.50. The van der Waals surface area contributed by atoms with Crippen molar-refractivity contribution in [3.05, 3.63) is 29.3 Å². The number of halogens is 1. The Kier molecular flexibility index (Phi) is 5.04. The van der Waals surface area contributed by atoms with E-state index in [1.165, 1.54) is 0 Å². The van der Waals surface area contributed by atoms with Crippen LogP contribution in [0.1, 0.15) is 25.7 Å². The Morgan fingerprint density at radius 3 is 3.00 bits per heavy atom. The van der Waals surface area contributed by atoms with Crippen LogP contribution in [-0.4, -0.2) is 42.1 Å². The van der Waals surface area contributed by atoms with Gasteiger partial charge in [0.15, 0.2) is 0 Å². The molecule has 3 unspecified atom stereocenters. The molecule has 0 aromatic heterocycles. The van der Waals surface area contributed by atoms with Crippen LogP contribution in [0.3, 0.4) is 0 Å². The largest absolute Gasteiger partial charge is 0.490 e. The lowest BCUT2D eigenvalue weighted by molar-refractivity contribution is -0.133. The van der Waals surface area contributed by atoms with Gasteiger partial charge in [-0.15, -0.1) is 0 Å². The Morgan fingerprint density at radius 1 is 1.39 bits per heavy atom. The SMILES string of the molecule is N#CC1CCCN1C(=O)C1CCC(COc2ccccc2Cl)N1. The van der Waals surface area contributed by atoms with Crippen molar-refractivity contribution in [2.45, 2.75) is 43.8 Å². The van der Waals surface area contributed by atoms with Crippen molar-refractivity contribution in [1.29, 1.82) is 5.26 Å². The number of amides is 1. The molecule has 2 aliphatic heterocycles. The van der Waals surface area contributed by atoms with Crippen molar-refractivity contribution in [2.24, 2.45) is 0 Å². The molecule has 0 aliphatic carbocycles. The van der Waals surface area contributed by atoms with Gasteiger partial charge in [-0.25, -0.2) is 0 Å². The molecule has 1 aromatic carbocycles. The monoisotopic (exact) mass is 333 g/mol. The molecule has 2 aliphatic rings. The summed E-state index contributed by atoms with van der Waals surface area (Å²) in [6, 6.07) is 9.25. The standard InChI is InChI=1S/C17H20ClN3O2/c18-14-5-1-2-6-16(14)23-11-12-7-8-15(20-12)17(22)21-9-3-4-13(21)10-19/h1-2,5-6,12-13,15,20H,3-4,7-9,11H2. The zero-order chi connectivity index (χ0) is 16.2. The topological polar surface area (TPSA) is 65.4 Å². The van der Waals surface area contributed by atoms with Gasteiger partial charge in [0.25, 0.3) is 0 Å². The van der Waals surface area contributed by atoms with Gasteiger partial charge in [-0.05, 0) is 37.8 Å². The quantitative estimate of drug-likeness (QED) is 0.918. The van der Waals surface area contributed by atoms with Crippen LogP contribution in [-0.2, 0) is 4.79 Å². The van der Waals surface area contributed by atoms with Gasteiger partial charge in [-0.1, -0.05) is 23.7 Å². The minimum absolute atomic E-state index is 0.0503. The van der Waals surface area contributed by atoms with Gasteiger partial charge in [0.2, 0.25) is 5.91 Å². The lowest BCUT2D eigenvalue weighted by Crippen LogP contribution is -2.47. The van der Waals surface area contributed by atoms with Gasteiger partial charge in [0, 0.05) is 12.6 Å². The van der Waals surface area contributed by atoms with Gasteiger partial charge in [0.1, 0.15) is 18.4 Å². The number of benzene rings is 1. The summed E-state index contributed by atoms with van der Waals surface area (Å²) < 4.78 is 5.74. The first kappa shape index (κ1) is 16.1. The van der Waals surface area contributed by atoms with E-state index in [4.69, 9.17) is 21.6 Å². The number of ether oxygens (including phenoxy) is 1. The highest BCUT2D eigenvalue weighted by Crippen LogP contribution is 2.25. The molecule has 0 spiro atoms. The lowest BCUT2D eigenvalue weighted by atomic mass is 10.1. The fraction of sp³-hybridized carbons (Fsp3) is 0.529. The van der Waals surface area contributed by atoms with Crippen LogP contribution in [0.25, 0.3) is 0 Å². The second kappa shape index (κ2) is 7.20. The molecule has 23 heavy (non-hydrogen) atoms. The van der Waals surface area contributed by atoms with E-state index in [0.717, 1.165) is 25.7 Å². The highest BCUT2D eigenvalue weighted by molar-refractivity contribution is 6.32. The summed E-state index contributed by atoms with van der Waals surface area (Å²) in [4.78, 5) is 14.3. The Bertz CT molecular complexity index is 616. The van der Waals surface area contributed by atoms with E-state index in [1.807, 2.05) is 18.2 Å². The van der Waals surface area contributed by atoms with Crippen molar-refractivity contribution in [2.75, 3.05) is 13.2 Å². The number of nitrogens with one attached hydrogen (secondary N) is 1. The maximum absolute atomic E-state index is 12.5. The zero-order valence-corrected chi connectivity index (χ0v) is 13.6. The molecule has 1 N–H and O–H groups in total. The summed E-state index contributed by atoms with van der Waals surface area (Å²) in [6.45, 7) is 1.17. The number of hydrogen-bond donors (Lipinski definition) is 1. The molecule has 5 nitrogen and oxygen atoms in total. The third-order valence-corrected chi connectivity index (χ3v) is 4.81. The van der Waals surface area contributed by atoms with E-state index in [-0.39, 0.29) is 24.0 Å². The molecule has 2 heterocycles. The fourth-order valence-electron chi connectivity index (χ4n) is 3.26. The minimum atomic E-state index is -0.261. The van der Waals surface area contributed by atoms with Crippen LogP contribution in [0.15, 0.2) is 24.3 Å². The smallest absolute Gasteiger partial charge is 0.240 e. The second-order valence-corrected chi connectivity index (χ2v) is 6.46. The number of rotatable bonds is 4. The van der Waals surface area contributed by atoms with Crippen molar-refractivity contribution in [3.8, 4) is 11.8 Å². The lowest BCUT2D eigenvalue weighted by Gasteiger charge is -2.24. The summed E-state index contributed by atoms with van der Waals surface area (Å²) in [7, 11) is 0. The Hall–Kier alpha value is -1.77. The fourth-order valence-corrected chi connectivity index (χ4v) is 3.45. The number of likely N-dealkylation sites (tertiary alicyclic amines) is 1. The molecule has 6 heteroatoms. The summed E-state index contributed by atoms with van der Waals surface area (Å²) in [6.07, 6.45) is 3.36. The Morgan fingerprint density at radius 2 is 2.22 bits per heavy atom. The molecule has 1 amide bonds. The van der Waals surface area contributed by atoms with E-state index >= 15 is 0 Å². The van der Waals surface area contributed by atoms with Crippen LogP contribution >= 0.6 is 11.6 Å². The second-order valence-electron chi connectivity index (χ2n) is 6.05. The highest BCUT2D eigenvalue weighted by atomic mass is 35.5. The van der Waals surface area contributed by atoms with E-state index < -0.39 is 0 Å². The van der Waals surface area contributed by atoms with Gasteiger partial charge >= 0.3 is 0 Å². The molecule has 0 saturated carbocycles. The summed E-state index contributed by atoms with van der Waals surface area (Å²) >= 11 is 6.07. The summed E-state index contributed by atoms with van der Waals surface area (Å²) in [5.41, 5.74) is 0. The van der Waals surface area contributed by atoms with E-state index in [2.05, 4.69) is 11.4 Å². The van der Waals surface area contributed by atoms with E-state index in [1.54, 1.807) is 11.0 Å². The molecule has 0 bridgehead atoms. The first-order chi connectivity index (χ1) is 11.2. The molecule has 3 rings (SSSR count). The van der Waals surface area contributed by atoms with Gasteiger partial charge < -0.3 is 9.64 Å². The third kappa shape index (κ3) is 3.60. The van der Waals surface area contributed by atoms with Crippen LogP contribution in [0.2, 0.25) is 5.02 Å². The zero-order valence-electron chi connectivity index (χ0n) is 12.9. The number of carbonyl (C=O) groups is 1. The highest BCUT2D eigenvalue weighted by Gasteiger charge is 2.36. The van der Waals surface area contributed by atoms with Crippen LogP contribution in [0, 0.1) is 11.3 Å². The number of hydrogen-bond acceptors (Lipinski definition) is 4. The van der Waals surface area contributed by atoms with Crippen molar-refractivity contribution < 1.29 is 9.53 Å². The average molecular weight is 334 g/mol. The van der Waals surface area contributed by atoms with Crippen molar-refractivity contribution >= 4 is 17.5 Å². The molecular formula is C17H20ClN3O2. The summed E-state index contributed by atoms with van der Waals surface area (Å²) in [5.74, 6) is 0.712. The van der Waals surface area contributed by atoms with Crippen LogP contribution < -0.4 is 10.1 Å². The molecule has 1 aromatic rings. The van der Waals surface area contributed by atoms with Gasteiger partial charge in [-0.3, -0.25) is 10.1 Å². The molecule has 2 fully saturated rings. The Labute approximate surface area is 141 Å². The van der Waals surface area contributed by atoms with Gasteiger partial charge in [0.05, 0.1) is 17.1 Å². The van der Waals surface area contributed by atoms with Crippen molar-refractivity contribution in [1.82, 2.24) is 10.2 Å². The van der Waals surface area contributed by atoms with Crippen molar-refractivity contribution in [3.63, 3.8) is 0 Å². The van der Waals surface area contributed by atoms with Gasteiger partial charge in [-0.2, -0.15) is 5.26 Å². The number of para-hydroxylation sites is 1. The molecule has 2 saturated heterocycles. The maximum atomic E-state index is 12.5. The molecule has 3 atom stereocenters. The average Bonchev–Trinajstić information content (AvgIpc) is 3.22. The van der Waals surface area contributed by atoms with E-state index in [0.29, 0.717) is 23.9 Å². The number of carbonyl (C=O) groups excluding carboxylic acids is 1. The van der Waals surface area contributed by atoms with E-state index in [9.17, 15) is 4.79 Å². The maximum Gasteiger partial charge on any atom is 0.240 e. The first-order valence-electron chi connectivity index (χ1n) is 8.02. The minimum Gasteiger partial charge on any atom is -0.490 e. The molecule has 0 radical (unpaired) electrons. The molecular weight excluding hydrogens is 314 g/mol. The normalized spacial score (nSPS) is 27.0. The predicted octanol–water partition coefficient (Wildman–Crippen LogP) is 2.35. The molecule has 122 valence electrons. The first-order valence-corrected chi connectivity index (χ1v) is 8.40. The van der Waals surface area contributed by atoms with Crippen LogP contribution in [0.5, 0.6) is 5.75 Å². The number of nitriles is 1. The number of nitrogens with zero attached hydrogens (tertiary/aromatic N) is 2. The van der Waals surface area contributed by atoms with Crippen LogP contribution in [0.4, 0.5) is 0 Å². The summed E-state index contributed by atoms with van der Waals surface area (Å²) in [5, 5.41) is 13.0. The Balaban J connectivity index is 1.51. The predicted molar refractivity (Wildman–Crippen MR) is 87.2 cm³/mol.